The number of anilines is 2. The number of thioether (sulfide) groups is 1. The number of benzene rings is 2. The Hall–Kier alpha value is -1.86. The van der Waals surface area contributed by atoms with Gasteiger partial charge in [-0.3, -0.25) is 4.79 Å². The van der Waals surface area contributed by atoms with Crippen molar-refractivity contribution in [3.05, 3.63) is 53.1 Å². The van der Waals surface area contributed by atoms with Gasteiger partial charge in [-0.1, -0.05) is 11.6 Å². The maximum Gasteiger partial charge on any atom is 0.416 e. The van der Waals surface area contributed by atoms with Crippen LogP contribution in [0.3, 0.4) is 0 Å². The first-order valence-electron chi connectivity index (χ1n) is 8.97. The number of hydrogen-bond acceptors (Lipinski definition) is 3. The molecule has 1 heterocycles. The molecule has 1 fully saturated rings. The standard InChI is InChI=1S/C20H20ClF3N2OS/c21-15-5-7-16(8-6-15)28-13-19(27)25-17-12-14(20(22,23)24)4-9-18(17)26-10-2-1-3-11-26/h4-9,12H,1-3,10-11,13H2,(H,25,27). The summed E-state index contributed by atoms with van der Waals surface area (Å²) in [5.41, 5.74) is 0.0740. The van der Waals surface area contributed by atoms with E-state index in [4.69, 9.17) is 11.6 Å². The number of rotatable bonds is 5. The predicted molar refractivity (Wildman–Crippen MR) is 108 cm³/mol. The minimum absolute atomic E-state index is 0.0946. The summed E-state index contributed by atoms with van der Waals surface area (Å²) in [7, 11) is 0. The van der Waals surface area contributed by atoms with E-state index in [-0.39, 0.29) is 17.3 Å². The molecule has 28 heavy (non-hydrogen) atoms. The van der Waals surface area contributed by atoms with E-state index in [0.717, 1.165) is 49.4 Å². The number of carbonyl (C=O) groups is 1. The lowest BCUT2D eigenvalue weighted by molar-refractivity contribution is -0.137. The lowest BCUT2D eigenvalue weighted by Gasteiger charge is -2.31. The van der Waals surface area contributed by atoms with Crippen molar-refractivity contribution in [1.82, 2.24) is 0 Å². The van der Waals surface area contributed by atoms with Gasteiger partial charge in [-0.2, -0.15) is 13.2 Å². The lowest BCUT2D eigenvalue weighted by atomic mass is 10.1. The summed E-state index contributed by atoms with van der Waals surface area (Å²) in [4.78, 5) is 15.3. The van der Waals surface area contributed by atoms with Crippen LogP contribution in [0.4, 0.5) is 24.5 Å². The van der Waals surface area contributed by atoms with Crippen molar-refractivity contribution in [2.24, 2.45) is 0 Å². The van der Waals surface area contributed by atoms with Crippen molar-refractivity contribution in [3.8, 4) is 0 Å². The zero-order valence-corrected chi connectivity index (χ0v) is 16.6. The van der Waals surface area contributed by atoms with Gasteiger partial charge in [0.15, 0.2) is 0 Å². The van der Waals surface area contributed by atoms with Gasteiger partial charge in [0.05, 0.1) is 22.7 Å². The van der Waals surface area contributed by atoms with E-state index in [1.54, 1.807) is 24.3 Å². The van der Waals surface area contributed by atoms with Gasteiger partial charge in [0.25, 0.3) is 0 Å². The van der Waals surface area contributed by atoms with Crippen LogP contribution in [0.2, 0.25) is 5.02 Å². The van der Waals surface area contributed by atoms with Crippen LogP contribution in [0.15, 0.2) is 47.4 Å². The van der Waals surface area contributed by atoms with Crippen LogP contribution in [0, 0.1) is 0 Å². The highest BCUT2D eigenvalue weighted by Gasteiger charge is 2.31. The van der Waals surface area contributed by atoms with Crippen molar-refractivity contribution in [1.29, 1.82) is 0 Å². The Bertz CT molecular complexity index is 821. The average molecular weight is 429 g/mol. The highest BCUT2D eigenvalue weighted by Crippen LogP contribution is 2.36. The quantitative estimate of drug-likeness (QED) is 0.586. The minimum atomic E-state index is -4.46. The number of carbonyl (C=O) groups excluding carboxylic acids is 1. The summed E-state index contributed by atoms with van der Waals surface area (Å²) < 4.78 is 39.4. The van der Waals surface area contributed by atoms with Gasteiger partial charge in [0, 0.05) is 23.0 Å². The Morgan fingerprint density at radius 1 is 1.07 bits per heavy atom. The van der Waals surface area contributed by atoms with Crippen molar-refractivity contribution < 1.29 is 18.0 Å². The molecule has 2 aromatic carbocycles. The van der Waals surface area contributed by atoms with Crippen molar-refractivity contribution in [2.75, 3.05) is 29.1 Å². The molecule has 1 saturated heterocycles. The first-order valence-corrected chi connectivity index (χ1v) is 10.3. The van der Waals surface area contributed by atoms with Crippen LogP contribution >= 0.6 is 23.4 Å². The Labute approximate surface area is 171 Å². The van der Waals surface area contributed by atoms with E-state index in [1.165, 1.54) is 17.8 Å². The fraction of sp³-hybridized carbons (Fsp3) is 0.350. The van der Waals surface area contributed by atoms with Crippen molar-refractivity contribution in [2.45, 2.75) is 30.3 Å². The Morgan fingerprint density at radius 3 is 2.39 bits per heavy atom. The highest BCUT2D eigenvalue weighted by atomic mass is 35.5. The first kappa shape index (κ1) is 20.9. The van der Waals surface area contributed by atoms with Gasteiger partial charge in [-0.15, -0.1) is 11.8 Å². The fourth-order valence-corrected chi connectivity index (χ4v) is 3.91. The Morgan fingerprint density at radius 2 is 1.75 bits per heavy atom. The summed E-state index contributed by atoms with van der Waals surface area (Å²) in [6.45, 7) is 1.54. The molecule has 1 aliphatic rings. The molecule has 0 aromatic heterocycles. The second-order valence-electron chi connectivity index (χ2n) is 6.57. The van der Waals surface area contributed by atoms with Crippen LogP contribution in [0.5, 0.6) is 0 Å². The van der Waals surface area contributed by atoms with Gasteiger partial charge in [-0.05, 0) is 61.7 Å². The number of nitrogens with one attached hydrogen (secondary N) is 1. The normalized spacial score (nSPS) is 14.8. The molecule has 1 aliphatic heterocycles. The molecule has 0 unspecified atom stereocenters. The van der Waals surface area contributed by atoms with E-state index in [0.29, 0.717) is 10.7 Å². The topological polar surface area (TPSA) is 32.3 Å². The number of halogens is 4. The molecule has 0 bridgehead atoms. The fourth-order valence-electron chi connectivity index (χ4n) is 3.09. The average Bonchev–Trinajstić information content (AvgIpc) is 2.67. The number of nitrogens with zero attached hydrogens (tertiary/aromatic N) is 1. The molecule has 3 rings (SSSR count). The molecule has 2 aromatic rings. The van der Waals surface area contributed by atoms with Crippen LogP contribution < -0.4 is 10.2 Å². The molecule has 0 atom stereocenters. The molecule has 3 nitrogen and oxygen atoms in total. The van der Waals surface area contributed by atoms with E-state index >= 15 is 0 Å². The van der Waals surface area contributed by atoms with Gasteiger partial charge in [-0.25, -0.2) is 0 Å². The van der Waals surface area contributed by atoms with Gasteiger partial charge in [0.2, 0.25) is 5.91 Å². The van der Waals surface area contributed by atoms with Gasteiger partial charge < -0.3 is 10.2 Å². The van der Waals surface area contributed by atoms with Crippen molar-refractivity contribution >= 4 is 40.6 Å². The molecule has 150 valence electrons. The molecule has 8 heteroatoms. The monoisotopic (exact) mass is 428 g/mol. The number of amides is 1. The summed E-state index contributed by atoms with van der Waals surface area (Å²) in [5.74, 6) is -0.255. The minimum Gasteiger partial charge on any atom is -0.370 e. The third-order valence-electron chi connectivity index (χ3n) is 4.48. The summed E-state index contributed by atoms with van der Waals surface area (Å²) in [6, 6.07) is 10.6. The maximum atomic E-state index is 13.1. The molecule has 0 radical (unpaired) electrons. The number of hydrogen-bond donors (Lipinski definition) is 1. The van der Waals surface area contributed by atoms with Crippen LogP contribution in [-0.2, 0) is 11.0 Å². The summed E-state index contributed by atoms with van der Waals surface area (Å²) in [5, 5.41) is 3.28. The zero-order valence-electron chi connectivity index (χ0n) is 15.1. The SMILES string of the molecule is O=C(CSc1ccc(Cl)cc1)Nc1cc(C(F)(F)F)ccc1N1CCCCC1. The number of piperidine rings is 1. The van der Waals surface area contributed by atoms with E-state index in [1.807, 2.05) is 4.90 Å². The summed E-state index contributed by atoms with van der Waals surface area (Å²) >= 11 is 7.14. The van der Waals surface area contributed by atoms with E-state index in [9.17, 15) is 18.0 Å². The largest absolute Gasteiger partial charge is 0.416 e. The van der Waals surface area contributed by atoms with Crippen molar-refractivity contribution in [3.63, 3.8) is 0 Å². The Balaban J connectivity index is 1.75. The molecule has 0 spiro atoms. The highest BCUT2D eigenvalue weighted by molar-refractivity contribution is 8.00. The van der Waals surface area contributed by atoms with Gasteiger partial charge in [0.1, 0.15) is 0 Å². The molecule has 0 saturated carbocycles. The van der Waals surface area contributed by atoms with Crippen LogP contribution in [0.25, 0.3) is 0 Å². The second-order valence-corrected chi connectivity index (χ2v) is 8.05. The molecule has 1 amide bonds. The Kier molecular flexibility index (Phi) is 6.78. The molecular weight excluding hydrogens is 409 g/mol. The van der Waals surface area contributed by atoms with Gasteiger partial charge >= 0.3 is 6.18 Å². The lowest BCUT2D eigenvalue weighted by Crippen LogP contribution is -2.30. The second kappa shape index (κ2) is 9.09. The smallest absolute Gasteiger partial charge is 0.370 e. The van der Waals surface area contributed by atoms with E-state index in [2.05, 4.69) is 5.32 Å². The predicted octanol–water partition coefficient (Wildman–Crippen LogP) is 6.08. The molecule has 1 N–H and O–H groups in total. The maximum absolute atomic E-state index is 13.1. The first-order chi connectivity index (χ1) is 13.3. The van der Waals surface area contributed by atoms with Crippen LogP contribution in [-0.4, -0.2) is 24.7 Å². The summed E-state index contributed by atoms with van der Waals surface area (Å²) in [6.07, 6.45) is -1.38. The molecular formula is C20H20ClF3N2OS. The zero-order chi connectivity index (χ0) is 20.1. The van der Waals surface area contributed by atoms with Crippen LogP contribution in [0.1, 0.15) is 24.8 Å². The number of alkyl halides is 3. The van der Waals surface area contributed by atoms with E-state index < -0.39 is 11.7 Å². The third-order valence-corrected chi connectivity index (χ3v) is 5.74. The third kappa shape index (κ3) is 5.58. The molecule has 0 aliphatic carbocycles.